The van der Waals surface area contributed by atoms with E-state index in [0.717, 1.165) is 89.5 Å². The molecular formula is C43H32N4. The third-order valence-electron chi connectivity index (χ3n) is 9.48. The van der Waals surface area contributed by atoms with E-state index in [1.807, 2.05) is 18.2 Å². The van der Waals surface area contributed by atoms with Gasteiger partial charge in [-0.15, -0.1) is 0 Å². The lowest BCUT2D eigenvalue weighted by Gasteiger charge is -2.17. The predicted molar refractivity (Wildman–Crippen MR) is 195 cm³/mol. The van der Waals surface area contributed by atoms with E-state index in [1.54, 1.807) is 0 Å². The lowest BCUT2D eigenvalue weighted by Crippen LogP contribution is -2.02. The molecule has 4 nitrogen and oxygen atoms in total. The van der Waals surface area contributed by atoms with Crippen LogP contribution in [0.4, 0.5) is 0 Å². The molecule has 9 rings (SSSR count). The Bertz CT molecular complexity index is 2520. The molecular weight excluding hydrogens is 573 g/mol. The van der Waals surface area contributed by atoms with E-state index in [1.165, 1.54) is 18.4 Å². The molecule has 4 heterocycles. The molecule has 0 saturated heterocycles. The van der Waals surface area contributed by atoms with E-state index < -0.39 is 0 Å². The Balaban J connectivity index is 1.13. The van der Waals surface area contributed by atoms with Crippen LogP contribution in [0.25, 0.3) is 83.0 Å². The molecule has 1 aliphatic rings. The Morgan fingerprint density at radius 1 is 0.447 bits per heavy atom. The molecule has 1 aliphatic carbocycles. The van der Waals surface area contributed by atoms with Crippen LogP contribution in [-0.2, 0) is 0 Å². The van der Waals surface area contributed by atoms with E-state index in [-0.39, 0.29) is 0 Å². The van der Waals surface area contributed by atoms with Crippen LogP contribution in [0.15, 0.2) is 133 Å². The molecule has 0 amide bonds. The van der Waals surface area contributed by atoms with Crippen molar-refractivity contribution < 1.29 is 0 Å². The summed E-state index contributed by atoms with van der Waals surface area (Å²) in [7, 11) is 0. The van der Waals surface area contributed by atoms with Crippen molar-refractivity contribution in [3.8, 4) is 33.8 Å². The molecule has 0 radical (unpaired) electrons. The summed E-state index contributed by atoms with van der Waals surface area (Å²) in [6.07, 6.45) is 5.95. The summed E-state index contributed by atoms with van der Waals surface area (Å²) in [5.41, 5.74) is 12.1. The van der Waals surface area contributed by atoms with Crippen molar-refractivity contribution in [3.05, 3.63) is 139 Å². The van der Waals surface area contributed by atoms with Crippen LogP contribution in [0.3, 0.4) is 0 Å². The number of allylic oxidation sites excluding steroid dienone is 2. The zero-order valence-corrected chi connectivity index (χ0v) is 26.2. The Kier molecular flexibility index (Phi) is 6.60. The number of nitrogens with zero attached hydrogens (tertiary/aromatic N) is 4. The molecule has 0 fully saturated rings. The van der Waals surface area contributed by atoms with Crippen molar-refractivity contribution >= 4 is 49.2 Å². The fourth-order valence-electron chi connectivity index (χ4n) is 6.98. The Morgan fingerprint density at radius 3 is 1.38 bits per heavy atom. The summed E-state index contributed by atoms with van der Waals surface area (Å²) in [5, 5.41) is 4.36. The van der Waals surface area contributed by atoms with E-state index in [4.69, 9.17) is 19.9 Å². The van der Waals surface area contributed by atoms with E-state index in [2.05, 4.69) is 122 Å². The predicted octanol–water partition coefficient (Wildman–Crippen LogP) is 11.1. The van der Waals surface area contributed by atoms with Crippen LogP contribution in [0, 0.1) is 5.92 Å². The first-order chi connectivity index (χ1) is 23.2. The van der Waals surface area contributed by atoms with Gasteiger partial charge in [0.2, 0.25) is 0 Å². The van der Waals surface area contributed by atoms with Gasteiger partial charge in [0.1, 0.15) is 0 Å². The summed E-state index contributed by atoms with van der Waals surface area (Å²) in [5.74, 6) is 0.597. The van der Waals surface area contributed by atoms with E-state index >= 15 is 0 Å². The molecule has 47 heavy (non-hydrogen) atoms. The number of benzene rings is 4. The zero-order valence-electron chi connectivity index (χ0n) is 26.2. The minimum Gasteiger partial charge on any atom is -0.246 e. The summed E-state index contributed by atoms with van der Waals surface area (Å²) in [6.45, 7) is 2.30. The molecule has 0 aliphatic heterocycles. The first-order valence-electron chi connectivity index (χ1n) is 16.4. The van der Waals surface area contributed by atoms with Gasteiger partial charge in [-0.1, -0.05) is 110 Å². The Morgan fingerprint density at radius 2 is 0.872 bits per heavy atom. The maximum atomic E-state index is 5.23. The van der Waals surface area contributed by atoms with Crippen LogP contribution < -0.4 is 0 Å². The van der Waals surface area contributed by atoms with Crippen LogP contribution >= 0.6 is 0 Å². The number of fused-ring (bicyclic) bond motifs is 6. The highest BCUT2D eigenvalue weighted by atomic mass is 14.8. The van der Waals surface area contributed by atoms with Crippen molar-refractivity contribution in [2.45, 2.75) is 26.2 Å². The summed E-state index contributed by atoms with van der Waals surface area (Å²) in [6, 6.07) is 44.5. The van der Waals surface area contributed by atoms with Crippen molar-refractivity contribution in [2.75, 3.05) is 0 Å². The SMILES string of the molecule is CC1C=C(c2ccc3ccc4ccc(-c5cccc(-c6ccc7ccc8ccc(-c9ccccc9)nc8c7n6)c5)nc4c3n2)CCC1. The van der Waals surface area contributed by atoms with Gasteiger partial charge in [0.05, 0.1) is 44.8 Å². The number of hydrogen-bond donors (Lipinski definition) is 0. The maximum absolute atomic E-state index is 5.23. The molecule has 8 aromatic rings. The highest BCUT2D eigenvalue weighted by Crippen LogP contribution is 2.34. The molecule has 1 unspecified atom stereocenters. The zero-order chi connectivity index (χ0) is 31.3. The van der Waals surface area contributed by atoms with Gasteiger partial charge in [0.15, 0.2) is 0 Å². The van der Waals surface area contributed by atoms with Crippen molar-refractivity contribution in [1.29, 1.82) is 0 Å². The highest BCUT2D eigenvalue weighted by molar-refractivity contribution is 6.05. The largest absolute Gasteiger partial charge is 0.246 e. The molecule has 4 heteroatoms. The van der Waals surface area contributed by atoms with Crippen LogP contribution in [0.5, 0.6) is 0 Å². The standard InChI is InChI=1S/C43H32N4/c1-27-7-5-10-33(25-27)37-22-18-30-15-16-32-20-24-39(47-43(32)42(30)45-37)35-12-6-11-34(26-35)38-23-19-31-14-13-29-17-21-36(28-8-3-2-4-9-28)44-40(29)41(31)46-38/h2-4,6,8-9,11-27H,5,7,10H2,1H3. The lowest BCUT2D eigenvalue weighted by molar-refractivity contribution is 0.592. The summed E-state index contributed by atoms with van der Waals surface area (Å²) in [4.78, 5) is 20.7. The molecule has 0 N–H and O–H groups in total. The second kappa shape index (κ2) is 11.3. The molecule has 224 valence electrons. The lowest BCUT2D eigenvalue weighted by atomic mass is 9.90. The minimum absolute atomic E-state index is 0.597. The molecule has 0 saturated carbocycles. The first-order valence-corrected chi connectivity index (χ1v) is 16.4. The van der Waals surface area contributed by atoms with Gasteiger partial charge in [0.25, 0.3) is 0 Å². The average molecular weight is 605 g/mol. The van der Waals surface area contributed by atoms with Gasteiger partial charge in [-0.3, -0.25) is 0 Å². The minimum atomic E-state index is 0.597. The van der Waals surface area contributed by atoms with E-state index in [0.29, 0.717) is 5.92 Å². The topological polar surface area (TPSA) is 51.6 Å². The van der Waals surface area contributed by atoms with Gasteiger partial charge in [-0.2, -0.15) is 0 Å². The first kappa shape index (κ1) is 27.6. The van der Waals surface area contributed by atoms with Crippen molar-refractivity contribution in [3.63, 3.8) is 0 Å². The van der Waals surface area contributed by atoms with Crippen molar-refractivity contribution in [1.82, 2.24) is 19.9 Å². The third kappa shape index (κ3) is 5.03. The number of rotatable bonds is 4. The Hall–Kier alpha value is -5.74. The second-order valence-corrected chi connectivity index (χ2v) is 12.7. The highest BCUT2D eigenvalue weighted by Gasteiger charge is 2.15. The van der Waals surface area contributed by atoms with Crippen LogP contribution in [0.2, 0.25) is 0 Å². The summed E-state index contributed by atoms with van der Waals surface area (Å²) >= 11 is 0. The Labute approximate surface area is 273 Å². The smallest absolute Gasteiger partial charge is 0.0972 e. The molecule has 4 aromatic heterocycles. The quantitative estimate of drug-likeness (QED) is 0.188. The van der Waals surface area contributed by atoms with Crippen LogP contribution in [-0.4, -0.2) is 19.9 Å². The monoisotopic (exact) mass is 604 g/mol. The van der Waals surface area contributed by atoms with Gasteiger partial charge in [0, 0.05) is 38.2 Å². The van der Waals surface area contributed by atoms with Gasteiger partial charge in [-0.05, 0) is 61.1 Å². The molecule has 4 aromatic carbocycles. The average Bonchev–Trinajstić information content (AvgIpc) is 3.14. The number of pyridine rings is 4. The maximum Gasteiger partial charge on any atom is 0.0972 e. The third-order valence-corrected chi connectivity index (χ3v) is 9.48. The summed E-state index contributed by atoms with van der Waals surface area (Å²) < 4.78 is 0. The fraction of sp³-hybridized carbons (Fsp3) is 0.116. The second-order valence-electron chi connectivity index (χ2n) is 12.7. The normalized spacial score (nSPS) is 15.0. The fourth-order valence-corrected chi connectivity index (χ4v) is 6.98. The number of hydrogen-bond acceptors (Lipinski definition) is 4. The van der Waals surface area contributed by atoms with Crippen molar-refractivity contribution in [2.24, 2.45) is 5.92 Å². The molecule has 1 atom stereocenters. The van der Waals surface area contributed by atoms with Gasteiger partial charge >= 0.3 is 0 Å². The van der Waals surface area contributed by atoms with Gasteiger partial charge < -0.3 is 0 Å². The van der Waals surface area contributed by atoms with Gasteiger partial charge in [-0.25, -0.2) is 19.9 Å². The van der Waals surface area contributed by atoms with E-state index in [9.17, 15) is 0 Å². The molecule has 0 spiro atoms. The number of aromatic nitrogens is 4. The van der Waals surface area contributed by atoms with Crippen LogP contribution in [0.1, 0.15) is 31.9 Å². The molecule has 0 bridgehead atoms.